The SMILES string of the molecule is COc1cc(S(=O)(=O)NC2CC2)ccc1-c1cnc(N)c(-c2ccc3c(c2)CCNC3=O)c1. The fourth-order valence-electron chi connectivity index (χ4n) is 4.02. The summed E-state index contributed by atoms with van der Waals surface area (Å²) in [7, 11) is -2.09. The summed E-state index contributed by atoms with van der Waals surface area (Å²) in [6, 6.07) is 12.4. The summed E-state index contributed by atoms with van der Waals surface area (Å²) in [4.78, 5) is 16.6. The van der Waals surface area contributed by atoms with Crippen LogP contribution in [0.25, 0.3) is 22.3 Å². The predicted octanol–water partition coefficient (Wildman–Crippen LogP) is 2.73. The van der Waals surface area contributed by atoms with Crippen LogP contribution in [0.2, 0.25) is 0 Å². The molecule has 3 aromatic rings. The number of nitrogens with one attached hydrogen (secondary N) is 2. The second kappa shape index (κ2) is 8.17. The molecule has 4 N–H and O–H groups in total. The highest BCUT2D eigenvalue weighted by atomic mass is 32.2. The monoisotopic (exact) mass is 464 g/mol. The van der Waals surface area contributed by atoms with Crippen molar-refractivity contribution in [3.8, 4) is 28.0 Å². The Balaban J connectivity index is 1.53. The Labute approximate surface area is 192 Å². The lowest BCUT2D eigenvalue weighted by molar-refractivity contribution is 0.0946. The molecule has 33 heavy (non-hydrogen) atoms. The highest BCUT2D eigenvalue weighted by molar-refractivity contribution is 7.89. The van der Waals surface area contributed by atoms with E-state index in [4.69, 9.17) is 10.5 Å². The van der Waals surface area contributed by atoms with E-state index in [2.05, 4.69) is 15.0 Å². The Bertz CT molecular complexity index is 1370. The van der Waals surface area contributed by atoms with Gasteiger partial charge in [0.05, 0.1) is 12.0 Å². The van der Waals surface area contributed by atoms with E-state index in [0.717, 1.165) is 41.5 Å². The molecule has 1 amide bonds. The fourth-order valence-corrected chi connectivity index (χ4v) is 5.34. The van der Waals surface area contributed by atoms with Crippen molar-refractivity contribution in [1.82, 2.24) is 15.0 Å². The van der Waals surface area contributed by atoms with Crippen molar-refractivity contribution >= 4 is 21.7 Å². The van der Waals surface area contributed by atoms with Crippen LogP contribution in [0, 0.1) is 0 Å². The summed E-state index contributed by atoms with van der Waals surface area (Å²) in [6.07, 6.45) is 4.11. The Kier molecular flexibility index (Phi) is 5.30. The van der Waals surface area contributed by atoms with Crippen molar-refractivity contribution in [3.63, 3.8) is 0 Å². The number of pyridine rings is 1. The molecular formula is C24H24N4O4S. The normalized spacial score (nSPS) is 15.6. The molecule has 0 radical (unpaired) electrons. The Morgan fingerprint density at radius 3 is 2.61 bits per heavy atom. The van der Waals surface area contributed by atoms with Crippen molar-refractivity contribution in [1.29, 1.82) is 0 Å². The Hall–Kier alpha value is -3.43. The number of methoxy groups -OCH3 is 1. The molecule has 0 spiro atoms. The number of anilines is 1. The van der Waals surface area contributed by atoms with Gasteiger partial charge in [0.1, 0.15) is 11.6 Å². The average Bonchev–Trinajstić information content (AvgIpc) is 3.62. The van der Waals surface area contributed by atoms with Crippen LogP contribution in [0.3, 0.4) is 0 Å². The number of carbonyl (C=O) groups is 1. The molecule has 0 unspecified atom stereocenters. The molecule has 1 aliphatic heterocycles. The molecule has 170 valence electrons. The number of nitrogen functional groups attached to an aromatic ring is 1. The number of amides is 1. The molecule has 0 atom stereocenters. The first-order valence-electron chi connectivity index (χ1n) is 10.7. The third-order valence-corrected chi connectivity index (χ3v) is 7.47. The second-order valence-electron chi connectivity index (χ2n) is 8.29. The van der Waals surface area contributed by atoms with Gasteiger partial charge in [-0.25, -0.2) is 18.1 Å². The number of benzene rings is 2. The van der Waals surface area contributed by atoms with Crippen LogP contribution in [0.5, 0.6) is 5.75 Å². The summed E-state index contributed by atoms with van der Waals surface area (Å²) in [5.41, 5.74) is 10.9. The largest absolute Gasteiger partial charge is 0.496 e. The summed E-state index contributed by atoms with van der Waals surface area (Å²) < 4.78 is 33.4. The van der Waals surface area contributed by atoms with E-state index in [1.807, 2.05) is 18.2 Å². The van der Waals surface area contributed by atoms with Crippen LogP contribution < -0.4 is 20.5 Å². The third-order valence-electron chi connectivity index (χ3n) is 5.95. The number of rotatable bonds is 6. The molecule has 8 nitrogen and oxygen atoms in total. The number of aromatic nitrogens is 1. The lowest BCUT2D eigenvalue weighted by atomic mass is 9.94. The Morgan fingerprint density at radius 2 is 1.85 bits per heavy atom. The lowest BCUT2D eigenvalue weighted by Crippen LogP contribution is -2.31. The first-order chi connectivity index (χ1) is 15.9. The maximum atomic E-state index is 12.6. The van der Waals surface area contributed by atoms with E-state index in [1.165, 1.54) is 13.2 Å². The summed E-state index contributed by atoms with van der Waals surface area (Å²) in [5.74, 6) is 0.720. The molecule has 2 aliphatic rings. The van der Waals surface area contributed by atoms with Crippen molar-refractivity contribution in [2.75, 3.05) is 19.4 Å². The van der Waals surface area contributed by atoms with Gasteiger partial charge in [0.2, 0.25) is 10.0 Å². The fraction of sp³-hybridized carbons (Fsp3) is 0.250. The summed E-state index contributed by atoms with van der Waals surface area (Å²) in [6.45, 7) is 0.602. The van der Waals surface area contributed by atoms with Gasteiger partial charge in [-0.15, -0.1) is 0 Å². The number of nitrogens with zero attached hydrogens (tertiary/aromatic N) is 1. The van der Waals surface area contributed by atoms with E-state index in [9.17, 15) is 13.2 Å². The number of hydrogen-bond donors (Lipinski definition) is 3. The van der Waals surface area contributed by atoms with Gasteiger partial charge in [-0.1, -0.05) is 12.1 Å². The number of carbonyl (C=O) groups excluding carboxylic acids is 1. The molecule has 2 aromatic carbocycles. The lowest BCUT2D eigenvalue weighted by Gasteiger charge is -2.18. The van der Waals surface area contributed by atoms with E-state index in [0.29, 0.717) is 29.2 Å². The van der Waals surface area contributed by atoms with Gasteiger partial charge in [-0.3, -0.25) is 4.79 Å². The molecule has 0 saturated heterocycles. The van der Waals surface area contributed by atoms with Crippen LogP contribution >= 0.6 is 0 Å². The number of ether oxygens (including phenoxy) is 1. The molecule has 0 bridgehead atoms. The number of hydrogen-bond acceptors (Lipinski definition) is 6. The van der Waals surface area contributed by atoms with E-state index in [1.54, 1.807) is 24.4 Å². The molecule has 2 heterocycles. The van der Waals surface area contributed by atoms with Gasteiger partial charge >= 0.3 is 0 Å². The van der Waals surface area contributed by atoms with Crippen LogP contribution in [0.4, 0.5) is 5.82 Å². The summed E-state index contributed by atoms with van der Waals surface area (Å²) >= 11 is 0. The quantitative estimate of drug-likeness (QED) is 0.515. The minimum Gasteiger partial charge on any atom is -0.496 e. The molecular weight excluding hydrogens is 440 g/mol. The van der Waals surface area contributed by atoms with E-state index in [-0.39, 0.29) is 16.8 Å². The summed E-state index contributed by atoms with van der Waals surface area (Å²) in [5, 5.41) is 2.84. The first-order valence-corrected chi connectivity index (χ1v) is 12.2. The van der Waals surface area contributed by atoms with Crippen LogP contribution in [0.1, 0.15) is 28.8 Å². The van der Waals surface area contributed by atoms with Crippen molar-refractivity contribution in [3.05, 3.63) is 59.8 Å². The third kappa shape index (κ3) is 4.17. The standard InChI is InChI=1S/C24H24N4O4S/c1-32-22-12-18(33(30,31)28-17-3-4-17)5-7-19(22)16-11-21(23(25)27-13-16)14-2-6-20-15(10-14)8-9-26-24(20)29/h2,5-7,10-13,17,28H,3-4,8-9H2,1H3,(H2,25,27)(H,26,29). The molecule has 1 aromatic heterocycles. The number of nitrogens with two attached hydrogens (primary N) is 1. The van der Waals surface area contributed by atoms with Crippen molar-refractivity contribution in [2.45, 2.75) is 30.2 Å². The van der Waals surface area contributed by atoms with Gasteiger partial charge in [0.15, 0.2) is 0 Å². The minimum atomic E-state index is -3.60. The topological polar surface area (TPSA) is 123 Å². The van der Waals surface area contributed by atoms with Gasteiger partial charge in [-0.2, -0.15) is 0 Å². The predicted molar refractivity (Wildman–Crippen MR) is 125 cm³/mol. The van der Waals surface area contributed by atoms with Crippen LogP contribution in [-0.4, -0.2) is 39.0 Å². The maximum Gasteiger partial charge on any atom is 0.251 e. The molecule has 5 rings (SSSR count). The molecule has 1 aliphatic carbocycles. The van der Waals surface area contributed by atoms with Crippen LogP contribution in [0.15, 0.2) is 53.6 Å². The van der Waals surface area contributed by atoms with E-state index >= 15 is 0 Å². The first kappa shape index (κ1) is 21.4. The smallest absolute Gasteiger partial charge is 0.251 e. The van der Waals surface area contributed by atoms with Crippen LogP contribution in [-0.2, 0) is 16.4 Å². The molecule has 1 fully saturated rings. The minimum absolute atomic E-state index is 0.0206. The zero-order chi connectivity index (χ0) is 23.2. The van der Waals surface area contributed by atoms with Crippen molar-refractivity contribution < 1.29 is 17.9 Å². The highest BCUT2D eigenvalue weighted by Crippen LogP contribution is 2.36. The Morgan fingerprint density at radius 1 is 1.06 bits per heavy atom. The van der Waals surface area contributed by atoms with Gasteiger partial charge in [0, 0.05) is 47.1 Å². The zero-order valence-electron chi connectivity index (χ0n) is 18.1. The molecule has 9 heteroatoms. The maximum absolute atomic E-state index is 12.6. The van der Waals surface area contributed by atoms with Gasteiger partial charge < -0.3 is 15.8 Å². The zero-order valence-corrected chi connectivity index (χ0v) is 18.9. The second-order valence-corrected chi connectivity index (χ2v) is 10.0. The number of fused-ring (bicyclic) bond motifs is 1. The average molecular weight is 465 g/mol. The molecule has 1 saturated carbocycles. The van der Waals surface area contributed by atoms with Gasteiger partial charge in [0.25, 0.3) is 5.91 Å². The highest BCUT2D eigenvalue weighted by Gasteiger charge is 2.28. The van der Waals surface area contributed by atoms with Gasteiger partial charge in [-0.05, 0) is 54.7 Å². The van der Waals surface area contributed by atoms with E-state index < -0.39 is 10.0 Å². The van der Waals surface area contributed by atoms with Crippen molar-refractivity contribution in [2.24, 2.45) is 0 Å². The number of sulfonamides is 1.